The van der Waals surface area contributed by atoms with Gasteiger partial charge in [-0.3, -0.25) is 4.79 Å². The highest BCUT2D eigenvalue weighted by Crippen LogP contribution is 2.40. The minimum Gasteiger partial charge on any atom is -0.497 e. The maximum atomic E-state index is 12.6. The molecule has 0 radical (unpaired) electrons. The molecule has 2 aliphatic heterocycles. The third kappa shape index (κ3) is 4.12. The van der Waals surface area contributed by atoms with Crippen LogP contribution in [0.15, 0.2) is 52.4 Å². The van der Waals surface area contributed by atoms with E-state index in [0.717, 1.165) is 22.6 Å². The average molecular weight is 434 g/mol. The molecule has 4 rings (SSSR count). The van der Waals surface area contributed by atoms with Crippen molar-refractivity contribution in [2.75, 3.05) is 19.1 Å². The average Bonchev–Trinajstić information content (AvgIpc) is 3.06. The first-order valence-corrected chi connectivity index (χ1v) is 11.0. The van der Waals surface area contributed by atoms with Gasteiger partial charge in [-0.05, 0) is 98.6 Å². The van der Waals surface area contributed by atoms with Gasteiger partial charge in [0.05, 0.1) is 23.2 Å². The molecule has 0 bridgehead atoms. The number of ether oxygens (including phenoxy) is 1. The summed E-state index contributed by atoms with van der Waals surface area (Å²) in [6.45, 7) is 8.67. The standard InChI is InChI=1S/C25H27N3O2S/c1-15-11-21-20(16(2)14-25(3,4)28(21)5)12-17(15)13-22-23(29)27-24(31-22)26-18-7-9-19(30-6)10-8-18/h7-14H,1-6H3,(H,26,27,29)/b22-13+. The largest absolute Gasteiger partial charge is 0.497 e. The molecule has 1 amide bonds. The molecule has 2 aliphatic rings. The number of aliphatic imine (C=N–C) groups is 1. The zero-order chi connectivity index (χ0) is 22.3. The number of anilines is 1. The van der Waals surface area contributed by atoms with Crippen molar-refractivity contribution < 1.29 is 9.53 Å². The third-order valence-corrected chi connectivity index (χ3v) is 6.76. The van der Waals surface area contributed by atoms with Crippen molar-refractivity contribution in [1.29, 1.82) is 0 Å². The number of allylic oxidation sites excluding steroid dienone is 1. The van der Waals surface area contributed by atoms with Crippen molar-refractivity contribution in [3.8, 4) is 5.75 Å². The highest BCUT2D eigenvalue weighted by molar-refractivity contribution is 8.18. The molecule has 0 aromatic heterocycles. The van der Waals surface area contributed by atoms with Crippen LogP contribution in [0.25, 0.3) is 11.6 Å². The van der Waals surface area contributed by atoms with Gasteiger partial charge in [-0.15, -0.1) is 0 Å². The molecule has 1 fully saturated rings. The number of likely N-dealkylation sites (N-methyl/N-ethyl adjacent to an activating group) is 1. The maximum absolute atomic E-state index is 12.6. The van der Waals surface area contributed by atoms with Crippen LogP contribution in [0.1, 0.15) is 37.5 Å². The zero-order valence-electron chi connectivity index (χ0n) is 18.7. The molecule has 0 saturated carbocycles. The lowest BCUT2D eigenvalue weighted by Gasteiger charge is -2.41. The Morgan fingerprint density at radius 2 is 1.87 bits per heavy atom. The van der Waals surface area contributed by atoms with E-state index < -0.39 is 0 Å². The number of rotatable bonds is 3. The Morgan fingerprint density at radius 3 is 2.55 bits per heavy atom. The molecule has 6 heteroatoms. The van der Waals surface area contributed by atoms with E-state index >= 15 is 0 Å². The Kier molecular flexibility index (Phi) is 5.43. The van der Waals surface area contributed by atoms with E-state index in [9.17, 15) is 4.79 Å². The zero-order valence-corrected chi connectivity index (χ0v) is 19.6. The predicted molar refractivity (Wildman–Crippen MR) is 131 cm³/mol. The normalized spacial score (nSPS) is 20.0. The summed E-state index contributed by atoms with van der Waals surface area (Å²) in [6, 6.07) is 11.8. The van der Waals surface area contributed by atoms with Crippen molar-refractivity contribution in [2.45, 2.75) is 33.2 Å². The highest BCUT2D eigenvalue weighted by Gasteiger charge is 2.29. The summed E-state index contributed by atoms with van der Waals surface area (Å²) in [7, 11) is 3.76. The fraction of sp³-hybridized carbons (Fsp3) is 0.280. The van der Waals surface area contributed by atoms with E-state index in [-0.39, 0.29) is 11.4 Å². The van der Waals surface area contributed by atoms with Crippen LogP contribution in [-0.2, 0) is 4.79 Å². The Morgan fingerprint density at radius 1 is 1.16 bits per heavy atom. The summed E-state index contributed by atoms with van der Waals surface area (Å²) in [5.41, 5.74) is 6.59. The molecule has 160 valence electrons. The van der Waals surface area contributed by atoms with E-state index in [1.165, 1.54) is 28.6 Å². The van der Waals surface area contributed by atoms with Gasteiger partial charge in [0, 0.05) is 18.3 Å². The van der Waals surface area contributed by atoms with Gasteiger partial charge in [-0.25, -0.2) is 4.99 Å². The van der Waals surface area contributed by atoms with Crippen LogP contribution in [-0.4, -0.2) is 30.8 Å². The molecule has 0 spiro atoms. The molecule has 0 atom stereocenters. The van der Waals surface area contributed by atoms with Gasteiger partial charge in [-0.1, -0.05) is 6.08 Å². The van der Waals surface area contributed by atoms with E-state index in [4.69, 9.17) is 4.74 Å². The smallest absolute Gasteiger partial charge is 0.264 e. The van der Waals surface area contributed by atoms with E-state index in [1.807, 2.05) is 30.3 Å². The number of carbonyl (C=O) groups excluding carboxylic acids is 1. The number of methoxy groups -OCH3 is 1. The fourth-order valence-corrected chi connectivity index (χ4v) is 4.70. The fourth-order valence-electron chi connectivity index (χ4n) is 3.87. The number of fused-ring (bicyclic) bond motifs is 1. The second kappa shape index (κ2) is 7.93. The Labute approximate surface area is 187 Å². The number of aryl methyl sites for hydroxylation is 1. The van der Waals surface area contributed by atoms with Crippen LogP contribution >= 0.6 is 11.8 Å². The van der Waals surface area contributed by atoms with Gasteiger partial charge in [0.15, 0.2) is 5.17 Å². The minimum atomic E-state index is -0.125. The van der Waals surface area contributed by atoms with Gasteiger partial charge >= 0.3 is 0 Å². The number of amides is 1. The van der Waals surface area contributed by atoms with Crippen molar-refractivity contribution in [1.82, 2.24) is 5.32 Å². The SMILES string of the molecule is COc1ccc(N=C2NC(=O)/C(=C\c3cc4c(cc3C)N(C)C(C)(C)C=C4C)S2)cc1. The molecule has 2 heterocycles. The van der Waals surface area contributed by atoms with Gasteiger partial charge in [-0.2, -0.15) is 0 Å². The van der Waals surface area contributed by atoms with Crippen LogP contribution in [0.4, 0.5) is 11.4 Å². The van der Waals surface area contributed by atoms with E-state index in [2.05, 4.69) is 68.2 Å². The lowest BCUT2D eigenvalue weighted by Crippen LogP contribution is -2.42. The van der Waals surface area contributed by atoms with Gasteiger partial charge in [0.1, 0.15) is 5.75 Å². The minimum absolute atomic E-state index is 0.0302. The quantitative estimate of drug-likeness (QED) is 0.647. The summed E-state index contributed by atoms with van der Waals surface area (Å²) in [5, 5.41) is 3.44. The number of amidine groups is 1. The van der Waals surface area contributed by atoms with Crippen LogP contribution in [0.5, 0.6) is 5.75 Å². The first kappa shape index (κ1) is 21.2. The molecular formula is C25H27N3O2S. The van der Waals surface area contributed by atoms with Crippen LogP contribution in [0.3, 0.4) is 0 Å². The number of hydrogen-bond donors (Lipinski definition) is 1. The summed E-state index contributed by atoms with van der Waals surface area (Å²) in [5.74, 6) is 0.647. The lowest BCUT2D eigenvalue weighted by molar-refractivity contribution is -0.115. The first-order valence-electron chi connectivity index (χ1n) is 10.2. The summed E-state index contributed by atoms with van der Waals surface area (Å²) in [4.78, 5) is 20.0. The van der Waals surface area contributed by atoms with E-state index in [1.54, 1.807) is 7.11 Å². The second-order valence-electron chi connectivity index (χ2n) is 8.45. The van der Waals surface area contributed by atoms with E-state index in [0.29, 0.717) is 10.1 Å². The van der Waals surface area contributed by atoms with Crippen molar-refractivity contribution >= 4 is 45.9 Å². The van der Waals surface area contributed by atoms with Crippen LogP contribution in [0, 0.1) is 6.92 Å². The number of benzene rings is 2. The molecular weight excluding hydrogens is 406 g/mol. The Balaban J connectivity index is 1.64. The number of nitrogens with zero attached hydrogens (tertiary/aromatic N) is 2. The molecule has 1 N–H and O–H groups in total. The Hall–Kier alpha value is -2.99. The summed E-state index contributed by atoms with van der Waals surface area (Å²) < 4.78 is 5.18. The molecule has 2 aromatic rings. The van der Waals surface area contributed by atoms with Gasteiger partial charge in [0.25, 0.3) is 5.91 Å². The van der Waals surface area contributed by atoms with Crippen molar-refractivity contribution in [2.24, 2.45) is 4.99 Å². The maximum Gasteiger partial charge on any atom is 0.264 e. The molecule has 0 aliphatic carbocycles. The summed E-state index contributed by atoms with van der Waals surface area (Å²) >= 11 is 1.36. The van der Waals surface area contributed by atoms with Crippen molar-refractivity contribution in [3.63, 3.8) is 0 Å². The Bertz CT molecular complexity index is 1140. The van der Waals surface area contributed by atoms with Crippen LogP contribution < -0.4 is 15.0 Å². The highest BCUT2D eigenvalue weighted by atomic mass is 32.2. The third-order valence-electron chi connectivity index (χ3n) is 5.85. The number of nitrogens with one attached hydrogen (secondary N) is 1. The monoisotopic (exact) mass is 433 g/mol. The van der Waals surface area contributed by atoms with Gasteiger partial charge < -0.3 is 15.0 Å². The number of thioether (sulfide) groups is 1. The first-order chi connectivity index (χ1) is 14.7. The second-order valence-corrected chi connectivity index (χ2v) is 9.48. The number of hydrogen-bond acceptors (Lipinski definition) is 5. The molecule has 31 heavy (non-hydrogen) atoms. The topological polar surface area (TPSA) is 53.9 Å². The lowest BCUT2D eigenvalue weighted by atomic mass is 9.87. The molecule has 2 aromatic carbocycles. The predicted octanol–water partition coefficient (Wildman–Crippen LogP) is 5.53. The van der Waals surface area contributed by atoms with Gasteiger partial charge in [0.2, 0.25) is 0 Å². The molecule has 1 saturated heterocycles. The van der Waals surface area contributed by atoms with Crippen molar-refractivity contribution in [3.05, 3.63) is 64.1 Å². The van der Waals surface area contributed by atoms with Crippen LogP contribution in [0.2, 0.25) is 0 Å². The summed E-state index contributed by atoms with van der Waals surface area (Å²) in [6.07, 6.45) is 4.25. The molecule has 0 unspecified atom stereocenters. The number of carbonyl (C=O) groups is 1. The molecule has 5 nitrogen and oxygen atoms in total.